The predicted molar refractivity (Wildman–Crippen MR) is 56.2 cm³/mol. The molecule has 2 nitrogen and oxygen atoms in total. The fraction of sp³-hybridized carbons (Fsp3) is 0.300. The van der Waals surface area contributed by atoms with E-state index in [4.69, 9.17) is 11.0 Å². The van der Waals surface area contributed by atoms with Crippen LogP contribution in [0.25, 0.3) is 0 Å². The van der Waals surface area contributed by atoms with E-state index in [1.165, 1.54) is 5.56 Å². The van der Waals surface area contributed by atoms with Crippen molar-refractivity contribution in [2.45, 2.75) is 11.0 Å². The van der Waals surface area contributed by atoms with Crippen LogP contribution < -0.4 is 5.73 Å². The number of nitriles is 1. The maximum absolute atomic E-state index is 8.65. The van der Waals surface area contributed by atoms with Crippen LogP contribution in [0.5, 0.6) is 0 Å². The van der Waals surface area contributed by atoms with Crippen LogP contribution in [0.1, 0.15) is 5.56 Å². The van der Waals surface area contributed by atoms with Crippen LogP contribution in [0.4, 0.5) is 0 Å². The Balaban J connectivity index is 2.40. The molecule has 0 fully saturated rings. The number of benzene rings is 1. The van der Waals surface area contributed by atoms with Gasteiger partial charge in [-0.05, 0) is 5.56 Å². The molecule has 0 aliphatic carbocycles. The van der Waals surface area contributed by atoms with Crippen molar-refractivity contribution in [3.05, 3.63) is 35.9 Å². The lowest BCUT2D eigenvalue weighted by molar-refractivity contribution is 1.03. The highest BCUT2D eigenvalue weighted by atomic mass is 32.2. The first-order chi connectivity index (χ1) is 6.36. The van der Waals surface area contributed by atoms with E-state index in [0.717, 1.165) is 5.75 Å². The Morgan fingerprint density at radius 2 is 2.08 bits per heavy atom. The summed E-state index contributed by atoms with van der Waals surface area (Å²) < 4.78 is 0. The third-order valence-electron chi connectivity index (χ3n) is 1.65. The quantitative estimate of drug-likeness (QED) is 0.791. The van der Waals surface area contributed by atoms with Crippen LogP contribution in [0.2, 0.25) is 0 Å². The van der Waals surface area contributed by atoms with Gasteiger partial charge >= 0.3 is 0 Å². The fourth-order valence-corrected chi connectivity index (χ4v) is 1.73. The summed E-state index contributed by atoms with van der Waals surface area (Å²) >= 11 is 1.59. The molecule has 1 atom stereocenters. The van der Waals surface area contributed by atoms with Gasteiger partial charge in [-0.25, -0.2) is 0 Å². The Morgan fingerprint density at radius 1 is 1.38 bits per heavy atom. The molecule has 1 aromatic rings. The number of rotatable bonds is 4. The molecular formula is C10H12N2S. The zero-order valence-corrected chi connectivity index (χ0v) is 8.13. The molecule has 0 heterocycles. The first-order valence-corrected chi connectivity index (χ1v) is 5.17. The van der Waals surface area contributed by atoms with E-state index in [1.807, 2.05) is 18.2 Å². The molecule has 1 unspecified atom stereocenters. The zero-order chi connectivity index (χ0) is 9.52. The lowest BCUT2D eigenvalue weighted by atomic mass is 10.2. The van der Waals surface area contributed by atoms with Crippen LogP contribution in [0, 0.1) is 11.3 Å². The van der Waals surface area contributed by atoms with Crippen LogP contribution >= 0.6 is 11.8 Å². The summed E-state index contributed by atoms with van der Waals surface area (Å²) in [6, 6.07) is 12.3. The second-order valence-electron chi connectivity index (χ2n) is 2.65. The van der Waals surface area contributed by atoms with E-state index in [0.29, 0.717) is 6.54 Å². The Labute approximate surface area is 82.7 Å². The molecule has 0 spiro atoms. The van der Waals surface area contributed by atoms with Crippen molar-refractivity contribution >= 4 is 11.8 Å². The van der Waals surface area contributed by atoms with Gasteiger partial charge in [0, 0.05) is 12.3 Å². The molecule has 0 aromatic heterocycles. The van der Waals surface area contributed by atoms with Gasteiger partial charge in [0.25, 0.3) is 0 Å². The van der Waals surface area contributed by atoms with Crippen molar-refractivity contribution in [3.63, 3.8) is 0 Å². The molecule has 0 aliphatic heterocycles. The Morgan fingerprint density at radius 3 is 2.62 bits per heavy atom. The first kappa shape index (κ1) is 10.1. The summed E-state index contributed by atoms with van der Waals surface area (Å²) in [5.41, 5.74) is 6.64. The monoisotopic (exact) mass is 192 g/mol. The van der Waals surface area contributed by atoms with Gasteiger partial charge in [-0.1, -0.05) is 30.3 Å². The summed E-state index contributed by atoms with van der Waals surface area (Å²) in [6.07, 6.45) is 0. The standard InChI is InChI=1S/C10H12N2S/c11-6-10(7-12)13-8-9-4-2-1-3-5-9/h1-5,10H,6,8,11H2. The third kappa shape index (κ3) is 3.49. The minimum Gasteiger partial charge on any atom is -0.328 e. The highest BCUT2D eigenvalue weighted by Gasteiger charge is 2.04. The van der Waals surface area contributed by atoms with Gasteiger partial charge in [-0.2, -0.15) is 5.26 Å². The van der Waals surface area contributed by atoms with Gasteiger partial charge in [0.05, 0.1) is 6.07 Å². The second-order valence-corrected chi connectivity index (χ2v) is 3.84. The van der Waals surface area contributed by atoms with Crippen LogP contribution in [0.15, 0.2) is 30.3 Å². The Bertz CT molecular complexity index is 279. The smallest absolute Gasteiger partial charge is 0.104 e. The van der Waals surface area contributed by atoms with Crippen molar-refractivity contribution < 1.29 is 0 Å². The molecule has 0 saturated heterocycles. The molecular weight excluding hydrogens is 180 g/mol. The lowest BCUT2D eigenvalue weighted by Crippen LogP contribution is -2.14. The van der Waals surface area contributed by atoms with Gasteiger partial charge < -0.3 is 5.73 Å². The van der Waals surface area contributed by atoms with Crippen molar-refractivity contribution in [2.75, 3.05) is 6.54 Å². The molecule has 0 amide bonds. The summed E-state index contributed by atoms with van der Waals surface area (Å²) in [7, 11) is 0. The largest absolute Gasteiger partial charge is 0.328 e. The minimum absolute atomic E-state index is 0.0831. The molecule has 2 N–H and O–H groups in total. The van der Waals surface area contributed by atoms with Crippen LogP contribution in [-0.4, -0.2) is 11.8 Å². The number of nitrogens with zero attached hydrogens (tertiary/aromatic N) is 1. The average molecular weight is 192 g/mol. The molecule has 0 aliphatic rings. The summed E-state index contributed by atoms with van der Waals surface area (Å²) in [4.78, 5) is 0. The van der Waals surface area contributed by atoms with Crippen molar-refractivity contribution in [1.82, 2.24) is 0 Å². The number of hydrogen-bond acceptors (Lipinski definition) is 3. The molecule has 68 valence electrons. The molecule has 13 heavy (non-hydrogen) atoms. The fourth-order valence-electron chi connectivity index (χ4n) is 0.929. The normalized spacial score (nSPS) is 12.0. The second kappa shape index (κ2) is 5.63. The van der Waals surface area contributed by atoms with Crippen molar-refractivity contribution in [2.24, 2.45) is 5.73 Å². The lowest BCUT2D eigenvalue weighted by Gasteiger charge is -2.04. The van der Waals surface area contributed by atoms with Gasteiger partial charge in [0.2, 0.25) is 0 Å². The topological polar surface area (TPSA) is 49.8 Å². The Kier molecular flexibility index (Phi) is 4.37. The van der Waals surface area contributed by atoms with Crippen LogP contribution in [-0.2, 0) is 5.75 Å². The van der Waals surface area contributed by atoms with Gasteiger partial charge in [0.15, 0.2) is 0 Å². The van der Waals surface area contributed by atoms with E-state index in [-0.39, 0.29) is 5.25 Å². The molecule has 3 heteroatoms. The molecule has 0 radical (unpaired) electrons. The van der Waals surface area contributed by atoms with Crippen LogP contribution in [0.3, 0.4) is 0 Å². The van der Waals surface area contributed by atoms with Crippen molar-refractivity contribution in [3.8, 4) is 6.07 Å². The van der Waals surface area contributed by atoms with E-state index < -0.39 is 0 Å². The van der Waals surface area contributed by atoms with Gasteiger partial charge in [0.1, 0.15) is 5.25 Å². The molecule has 0 saturated carbocycles. The SMILES string of the molecule is N#CC(CN)SCc1ccccc1. The molecule has 1 aromatic carbocycles. The summed E-state index contributed by atoms with van der Waals surface area (Å²) in [6.45, 7) is 0.425. The minimum atomic E-state index is -0.0831. The number of hydrogen-bond donors (Lipinski definition) is 1. The van der Waals surface area contributed by atoms with E-state index in [9.17, 15) is 0 Å². The zero-order valence-electron chi connectivity index (χ0n) is 7.31. The first-order valence-electron chi connectivity index (χ1n) is 4.12. The maximum Gasteiger partial charge on any atom is 0.104 e. The number of nitrogens with two attached hydrogens (primary N) is 1. The molecule has 0 bridgehead atoms. The number of thioether (sulfide) groups is 1. The van der Waals surface area contributed by atoms with Gasteiger partial charge in [-0.15, -0.1) is 11.8 Å². The highest BCUT2D eigenvalue weighted by Crippen LogP contribution is 2.16. The average Bonchev–Trinajstić information content (AvgIpc) is 2.21. The predicted octanol–water partition coefficient (Wildman–Crippen LogP) is 1.77. The molecule has 1 rings (SSSR count). The highest BCUT2D eigenvalue weighted by molar-refractivity contribution is 7.99. The Hall–Kier alpha value is -0.980. The third-order valence-corrected chi connectivity index (χ3v) is 2.85. The van der Waals surface area contributed by atoms with Gasteiger partial charge in [-0.3, -0.25) is 0 Å². The maximum atomic E-state index is 8.65. The summed E-state index contributed by atoms with van der Waals surface area (Å²) in [5, 5.41) is 8.57. The van der Waals surface area contributed by atoms with Crippen molar-refractivity contribution in [1.29, 1.82) is 5.26 Å². The van der Waals surface area contributed by atoms with E-state index in [1.54, 1.807) is 11.8 Å². The van der Waals surface area contributed by atoms with E-state index in [2.05, 4.69) is 18.2 Å². The van der Waals surface area contributed by atoms with E-state index >= 15 is 0 Å². The summed E-state index contributed by atoms with van der Waals surface area (Å²) in [5.74, 6) is 0.857.